The molecule has 0 fully saturated rings. The fraction of sp³-hybridized carbons (Fsp3) is 0.167. The van der Waals surface area contributed by atoms with Gasteiger partial charge in [-0.25, -0.2) is 4.98 Å². The molecule has 0 saturated heterocycles. The van der Waals surface area contributed by atoms with Crippen LogP contribution in [0.5, 0.6) is 0 Å². The zero-order valence-corrected chi connectivity index (χ0v) is 9.70. The lowest BCUT2D eigenvalue weighted by Gasteiger charge is -1.96. The van der Waals surface area contributed by atoms with Gasteiger partial charge in [0, 0.05) is 5.33 Å². The first-order valence-corrected chi connectivity index (χ1v) is 5.31. The fourth-order valence-corrected chi connectivity index (χ4v) is 2.12. The van der Waals surface area contributed by atoms with E-state index in [2.05, 4.69) is 52.8 Å². The fourth-order valence-electron chi connectivity index (χ4n) is 0.591. The molecule has 0 aliphatic carbocycles. The van der Waals surface area contributed by atoms with E-state index in [1.54, 1.807) is 0 Å². The highest BCUT2D eigenvalue weighted by Crippen LogP contribution is 2.17. The van der Waals surface area contributed by atoms with Gasteiger partial charge in [0.1, 0.15) is 9.21 Å². The molecule has 1 aromatic heterocycles. The third kappa shape index (κ3) is 2.32. The van der Waals surface area contributed by atoms with Gasteiger partial charge in [0.2, 0.25) is 0 Å². The van der Waals surface area contributed by atoms with Gasteiger partial charge in [0.25, 0.3) is 0 Å². The Balaban J connectivity index is 3.06. The van der Waals surface area contributed by atoms with Crippen molar-refractivity contribution in [3.05, 3.63) is 26.9 Å². The molecule has 0 saturated carbocycles. The van der Waals surface area contributed by atoms with E-state index in [-0.39, 0.29) is 0 Å². The van der Waals surface area contributed by atoms with E-state index in [4.69, 9.17) is 0 Å². The molecular formula is C6H4Br3N. The minimum Gasteiger partial charge on any atom is -0.234 e. The van der Waals surface area contributed by atoms with Crippen molar-refractivity contribution in [3.63, 3.8) is 0 Å². The van der Waals surface area contributed by atoms with E-state index in [0.717, 1.165) is 14.5 Å². The molecule has 0 amide bonds. The lowest BCUT2D eigenvalue weighted by molar-refractivity contribution is 1.19. The number of hydrogen-bond acceptors (Lipinski definition) is 1. The van der Waals surface area contributed by atoms with Gasteiger partial charge in [-0.05, 0) is 49.6 Å². The van der Waals surface area contributed by atoms with Crippen LogP contribution in [0.4, 0.5) is 0 Å². The second kappa shape index (κ2) is 3.83. The topological polar surface area (TPSA) is 12.9 Å². The van der Waals surface area contributed by atoms with Crippen molar-refractivity contribution in [1.29, 1.82) is 0 Å². The second-order valence-corrected chi connectivity index (χ2v) is 3.94. The molecule has 0 atom stereocenters. The summed E-state index contributed by atoms with van der Waals surface area (Å²) >= 11 is 9.94. The van der Waals surface area contributed by atoms with E-state index in [1.807, 2.05) is 12.1 Å². The average molecular weight is 330 g/mol. The number of hydrogen-bond donors (Lipinski definition) is 0. The van der Waals surface area contributed by atoms with Gasteiger partial charge in [-0.1, -0.05) is 15.9 Å². The summed E-state index contributed by atoms with van der Waals surface area (Å²) in [6.07, 6.45) is 0. The predicted molar refractivity (Wildman–Crippen MR) is 52.3 cm³/mol. The van der Waals surface area contributed by atoms with E-state index in [9.17, 15) is 0 Å². The molecular weight excluding hydrogens is 326 g/mol. The summed E-state index contributed by atoms with van der Waals surface area (Å²) < 4.78 is 1.72. The smallest absolute Gasteiger partial charge is 0.107 e. The van der Waals surface area contributed by atoms with Gasteiger partial charge in [0.15, 0.2) is 0 Å². The van der Waals surface area contributed by atoms with Gasteiger partial charge in [-0.3, -0.25) is 0 Å². The van der Waals surface area contributed by atoms with Crippen molar-refractivity contribution in [1.82, 2.24) is 4.98 Å². The van der Waals surface area contributed by atoms with Crippen molar-refractivity contribution in [3.8, 4) is 0 Å². The monoisotopic (exact) mass is 327 g/mol. The molecule has 4 heteroatoms. The second-order valence-electron chi connectivity index (χ2n) is 1.75. The molecule has 10 heavy (non-hydrogen) atoms. The van der Waals surface area contributed by atoms with Gasteiger partial charge < -0.3 is 0 Å². The maximum absolute atomic E-state index is 4.09. The first kappa shape index (κ1) is 8.68. The predicted octanol–water partition coefficient (Wildman–Crippen LogP) is 3.50. The van der Waals surface area contributed by atoms with Crippen LogP contribution in [0.15, 0.2) is 21.3 Å². The van der Waals surface area contributed by atoms with Crippen LogP contribution in [0.3, 0.4) is 0 Å². The van der Waals surface area contributed by atoms with E-state index < -0.39 is 0 Å². The average Bonchev–Trinajstić information content (AvgIpc) is 1.85. The molecule has 0 aliphatic rings. The van der Waals surface area contributed by atoms with Crippen LogP contribution in [0, 0.1) is 0 Å². The minimum atomic E-state index is 0.854. The quantitative estimate of drug-likeness (QED) is 0.567. The normalized spacial score (nSPS) is 9.90. The first-order chi connectivity index (χ1) is 4.72. The number of nitrogens with zero attached hydrogens (tertiary/aromatic N) is 1. The van der Waals surface area contributed by atoms with Crippen LogP contribution in [0.25, 0.3) is 0 Å². The zero-order chi connectivity index (χ0) is 7.56. The SMILES string of the molecule is BrCc1cc(Br)nc(Br)c1. The minimum absolute atomic E-state index is 0.854. The molecule has 0 bridgehead atoms. The van der Waals surface area contributed by atoms with Crippen molar-refractivity contribution in [2.45, 2.75) is 5.33 Å². The van der Waals surface area contributed by atoms with Crippen LogP contribution in [0.2, 0.25) is 0 Å². The Morgan fingerprint density at radius 3 is 2.10 bits per heavy atom. The molecule has 0 radical (unpaired) electrons. The van der Waals surface area contributed by atoms with E-state index >= 15 is 0 Å². The number of alkyl halides is 1. The van der Waals surface area contributed by atoms with Gasteiger partial charge >= 0.3 is 0 Å². The molecule has 1 heterocycles. The summed E-state index contributed by atoms with van der Waals surface area (Å²) in [4.78, 5) is 4.09. The van der Waals surface area contributed by atoms with Crippen LogP contribution < -0.4 is 0 Å². The third-order valence-electron chi connectivity index (χ3n) is 0.977. The Kier molecular flexibility index (Phi) is 3.33. The molecule has 0 N–H and O–H groups in total. The van der Waals surface area contributed by atoms with Crippen LogP contribution in [0.1, 0.15) is 5.56 Å². The Bertz CT molecular complexity index is 216. The van der Waals surface area contributed by atoms with Gasteiger partial charge in [-0.15, -0.1) is 0 Å². The standard InChI is InChI=1S/C6H4Br3N/c7-3-4-1-5(8)10-6(9)2-4/h1-2H,3H2. The lowest BCUT2D eigenvalue weighted by atomic mass is 10.3. The van der Waals surface area contributed by atoms with E-state index in [1.165, 1.54) is 5.56 Å². The molecule has 0 aliphatic heterocycles. The van der Waals surface area contributed by atoms with Crippen LogP contribution in [-0.4, -0.2) is 4.98 Å². The molecule has 54 valence electrons. The maximum atomic E-state index is 4.09. The lowest BCUT2D eigenvalue weighted by Crippen LogP contribution is -1.82. The summed E-state index contributed by atoms with van der Waals surface area (Å²) in [6.45, 7) is 0. The Hall–Kier alpha value is 0.590. The van der Waals surface area contributed by atoms with Crippen LogP contribution in [-0.2, 0) is 5.33 Å². The first-order valence-electron chi connectivity index (χ1n) is 2.60. The summed E-state index contributed by atoms with van der Waals surface area (Å²) in [5, 5.41) is 0.854. The maximum Gasteiger partial charge on any atom is 0.107 e. The molecule has 1 rings (SSSR count). The van der Waals surface area contributed by atoms with Crippen molar-refractivity contribution in [2.75, 3.05) is 0 Å². The van der Waals surface area contributed by atoms with E-state index in [0.29, 0.717) is 0 Å². The highest BCUT2D eigenvalue weighted by atomic mass is 79.9. The largest absolute Gasteiger partial charge is 0.234 e. The number of aromatic nitrogens is 1. The summed E-state index contributed by atoms with van der Waals surface area (Å²) in [6, 6.07) is 3.94. The van der Waals surface area contributed by atoms with Crippen molar-refractivity contribution < 1.29 is 0 Å². The molecule has 1 nitrogen and oxygen atoms in total. The highest BCUT2D eigenvalue weighted by molar-refractivity contribution is 9.11. The summed E-state index contributed by atoms with van der Waals surface area (Å²) in [5.41, 5.74) is 1.20. The molecule has 0 spiro atoms. The number of pyridine rings is 1. The van der Waals surface area contributed by atoms with Crippen molar-refractivity contribution in [2.24, 2.45) is 0 Å². The number of halogens is 3. The Morgan fingerprint density at radius 2 is 1.70 bits per heavy atom. The Morgan fingerprint density at radius 1 is 1.20 bits per heavy atom. The Labute approximate surface area is 84.6 Å². The summed E-state index contributed by atoms with van der Waals surface area (Å²) in [5.74, 6) is 0. The van der Waals surface area contributed by atoms with Crippen LogP contribution >= 0.6 is 47.8 Å². The van der Waals surface area contributed by atoms with Crippen molar-refractivity contribution >= 4 is 47.8 Å². The third-order valence-corrected chi connectivity index (χ3v) is 2.44. The van der Waals surface area contributed by atoms with Gasteiger partial charge in [-0.2, -0.15) is 0 Å². The molecule has 0 aromatic carbocycles. The molecule has 1 aromatic rings. The van der Waals surface area contributed by atoms with Gasteiger partial charge in [0.05, 0.1) is 0 Å². The highest BCUT2D eigenvalue weighted by Gasteiger charge is 1.95. The summed E-state index contributed by atoms with van der Waals surface area (Å²) in [7, 11) is 0. The molecule has 0 unspecified atom stereocenters. The number of rotatable bonds is 1. The zero-order valence-electron chi connectivity index (χ0n) is 4.94.